The first-order valence-electron chi connectivity index (χ1n) is 7.57. The molecule has 1 N–H and O–H groups in total. The van der Waals surface area contributed by atoms with Crippen LogP contribution in [0.5, 0.6) is 0 Å². The molecule has 0 radical (unpaired) electrons. The molecule has 0 unspecified atom stereocenters. The molecule has 0 spiro atoms. The van der Waals surface area contributed by atoms with Crippen LogP contribution in [-0.4, -0.2) is 59.2 Å². The summed E-state index contributed by atoms with van der Waals surface area (Å²) in [5, 5.41) is 11.3. The van der Waals surface area contributed by atoms with Crippen molar-refractivity contribution in [1.82, 2.24) is 25.2 Å². The first-order valence-corrected chi connectivity index (χ1v) is 7.57. The average molecular weight is 297 g/mol. The second-order valence-electron chi connectivity index (χ2n) is 4.96. The standard InChI is InChI=1S/C14H27N5O2/c1-4-7-18(8-5-2)14(20)12-19-11-13(16-17-19)10-15-6-9-21-3/h11,15H,4-10,12H2,1-3H3. The summed E-state index contributed by atoms with van der Waals surface area (Å²) in [6, 6.07) is 0. The Hall–Kier alpha value is -1.47. The molecule has 0 bridgehead atoms. The van der Waals surface area contributed by atoms with Gasteiger partial charge < -0.3 is 15.0 Å². The Kier molecular flexibility index (Phi) is 8.61. The topological polar surface area (TPSA) is 72.3 Å². The van der Waals surface area contributed by atoms with Gasteiger partial charge in [0.2, 0.25) is 5.91 Å². The van der Waals surface area contributed by atoms with E-state index >= 15 is 0 Å². The van der Waals surface area contributed by atoms with Crippen molar-refractivity contribution in [2.75, 3.05) is 33.4 Å². The lowest BCUT2D eigenvalue weighted by atomic mass is 10.3. The Labute approximate surface area is 126 Å². The Bertz CT molecular complexity index is 402. The van der Waals surface area contributed by atoms with Crippen molar-refractivity contribution < 1.29 is 9.53 Å². The van der Waals surface area contributed by atoms with E-state index in [2.05, 4.69) is 29.5 Å². The molecular formula is C14H27N5O2. The molecule has 7 nitrogen and oxygen atoms in total. The SMILES string of the molecule is CCCN(CCC)C(=O)Cn1cc(CNCCOC)nn1. The molecule has 0 atom stereocenters. The zero-order chi connectivity index (χ0) is 15.5. The van der Waals surface area contributed by atoms with Gasteiger partial charge in [-0.05, 0) is 12.8 Å². The number of nitrogens with one attached hydrogen (secondary N) is 1. The summed E-state index contributed by atoms with van der Waals surface area (Å²) in [6.07, 6.45) is 3.75. The lowest BCUT2D eigenvalue weighted by Gasteiger charge is -2.21. The van der Waals surface area contributed by atoms with Gasteiger partial charge in [-0.15, -0.1) is 5.10 Å². The quantitative estimate of drug-likeness (QED) is 0.608. The van der Waals surface area contributed by atoms with E-state index in [0.717, 1.165) is 38.2 Å². The van der Waals surface area contributed by atoms with E-state index in [1.165, 1.54) is 0 Å². The number of methoxy groups -OCH3 is 1. The predicted octanol–water partition coefficient (Wildman–Crippen LogP) is 0.663. The van der Waals surface area contributed by atoms with Crippen LogP contribution in [0.2, 0.25) is 0 Å². The molecule has 0 aliphatic heterocycles. The number of ether oxygens (including phenoxy) is 1. The van der Waals surface area contributed by atoms with Gasteiger partial charge in [0.05, 0.1) is 18.5 Å². The lowest BCUT2D eigenvalue weighted by Crippen LogP contribution is -2.35. The fraction of sp³-hybridized carbons (Fsp3) is 0.786. The van der Waals surface area contributed by atoms with Gasteiger partial charge in [0.15, 0.2) is 0 Å². The smallest absolute Gasteiger partial charge is 0.244 e. The first kappa shape index (κ1) is 17.6. The fourth-order valence-corrected chi connectivity index (χ4v) is 2.03. The van der Waals surface area contributed by atoms with Crippen LogP contribution in [0.3, 0.4) is 0 Å². The van der Waals surface area contributed by atoms with Gasteiger partial charge in [0, 0.05) is 33.3 Å². The third-order valence-corrected chi connectivity index (χ3v) is 3.01. The highest BCUT2D eigenvalue weighted by Crippen LogP contribution is 1.99. The van der Waals surface area contributed by atoms with Gasteiger partial charge in [-0.3, -0.25) is 4.79 Å². The molecule has 1 amide bonds. The van der Waals surface area contributed by atoms with Crippen molar-refractivity contribution in [2.45, 2.75) is 39.8 Å². The number of rotatable bonds is 11. The molecule has 1 heterocycles. The van der Waals surface area contributed by atoms with Gasteiger partial charge in [0.1, 0.15) is 6.54 Å². The highest BCUT2D eigenvalue weighted by Gasteiger charge is 2.13. The Morgan fingerprint density at radius 2 is 2.10 bits per heavy atom. The molecule has 120 valence electrons. The maximum Gasteiger partial charge on any atom is 0.244 e. The molecule has 0 aliphatic rings. The number of amides is 1. The van der Waals surface area contributed by atoms with E-state index in [0.29, 0.717) is 13.2 Å². The first-order chi connectivity index (χ1) is 10.2. The van der Waals surface area contributed by atoms with Crippen molar-refractivity contribution in [3.05, 3.63) is 11.9 Å². The maximum atomic E-state index is 12.2. The minimum absolute atomic E-state index is 0.0995. The van der Waals surface area contributed by atoms with E-state index < -0.39 is 0 Å². The molecular weight excluding hydrogens is 270 g/mol. The number of nitrogens with zero attached hydrogens (tertiary/aromatic N) is 4. The number of carbonyl (C=O) groups is 1. The van der Waals surface area contributed by atoms with Crippen LogP contribution in [0.25, 0.3) is 0 Å². The summed E-state index contributed by atoms with van der Waals surface area (Å²) in [7, 11) is 1.67. The fourth-order valence-electron chi connectivity index (χ4n) is 2.03. The highest BCUT2D eigenvalue weighted by molar-refractivity contribution is 5.75. The van der Waals surface area contributed by atoms with Gasteiger partial charge in [0.25, 0.3) is 0 Å². The Morgan fingerprint density at radius 1 is 1.38 bits per heavy atom. The predicted molar refractivity (Wildman–Crippen MR) is 80.8 cm³/mol. The number of aromatic nitrogens is 3. The van der Waals surface area contributed by atoms with Crippen LogP contribution in [0.4, 0.5) is 0 Å². The second-order valence-corrected chi connectivity index (χ2v) is 4.96. The van der Waals surface area contributed by atoms with Crippen molar-refractivity contribution in [1.29, 1.82) is 0 Å². The van der Waals surface area contributed by atoms with Crippen LogP contribution in [0.15, 0.2) is 6.20 Å². The van der Waals surface area contributed by atoms with E-state index in [4.69, 9.17) is 4.74 Å². The summed E-state index contributed by atoms with van der Waals surface area (Å²) < 4.78 is 6.56. The third kappa shape index (κ3) is 6.68. The van der Waals surface area contributed by atoms with Crippen molar-refractivity contribution in [2.24, 2.45) is 0 Å². The van der Waals surface area contributed by atoms with Crippen molar-refractivity contribution in [3.8, 4) is 0 Å². The Balaban J connectivity index is 2.43. The van der Waals surface area contributed by atoms with Crippen LogP contribution in [-0.2, 0) is 22.6 Å². The number of carbonyl (C=O) groups excluding carboxylic acids is 1. The van der Waals surface area contributed by atoms with Gasteiger partial charge in [-0.1, -0.05) is 19.1 Å². The molecule has 21 heavy (non-hydrogen) atoms. The lowest BCUT2D eigenvalue weighted by molar-refractivity contribution is -0.132. The molecule has 0 aromatic carbocycles. The molecule has 0 saturated carbocycles. The Morgan fingerprint density at radius 3 is 2.71 bits per heavy atom. The summed E-state index contributed by atoms with van der Waals surface area (Å²) >= 11 is 0. The largest absolute Gasteiger partial charge is 0.383 e. The van der Waals surface area contributed by atoms with Gasteiger partial charge in [-0.25, -0.2) is 4.68 Å². The molecule has 7 heteroatoms. The van der Waals surface area contributed by atoms with Crippen molar-refractivity contribution >= 4 is 5.91 Å². The van der Waals surface area contributed by atoms with E-state index in [9.17, 15) is 4.79 Å². The van der Waals surface area contributed by atoms with E-state index in [1.807, 2.05) is 11.1 Å². The number of hydrogen-bond donors (Lipinski definition) is 1. The van der Waals surface area contributed by atoms with Crippen molar-refractivity contribution in [3.63, 3.8) is 0 Å². The molecule has 0 fully saturated rings. The monoisotopic (exact) mass is 297 g/mol. The second kappa shape index (κ2) is 10.3. The minimum Gasteiger partial charge on any atom is -0.383 e. The van der Waals surface area contributed by atoms with Gasteiger partial charge in [-0.2, -0.15) is 0 Å². The molecule has 1 rings (SSSR count). The maximum absolute atomic E-state index is 12.2. The normalized spacial score (nSPS) is 10.8. The van der Waals surface area contributed by atoms with Crippen LogP contribution < -0.4 is 5.32 Å². The zero-order valence-corrected chi connectivity index (χ0v) is 13.3. The van der Waals surface area contributed by atoms with E-state index in [-0.39, 0.29) is 12.5 Å². The van der Waals surface area contributed by atoms with Gasteiger partial charge >= 0.3 is 0 Å². The highest BCUT2D eigenvalue weighted by atomic mass is 16.5. The molecule has 0 aliphatic carbocycles. The van der Waals surface area contributed by atoms with Crippen LogP contribution >= 0.6 is 0 Å². The number of hydrogen-bond acceptors (Lipinski definition) is 5. The average Bonchev–Trinajstić information content (AvgIpc) is 2.91. The molecule has 0 saturated heterocycles. The summed E-state index contributed by atoms with van der Waals surface area (Å²) in [4.78, 5) is 14.1. The third-order valence-electron chi connectivity index (χ3n) is 3.01. The summed E-state index contributed by atoms with van der Waals surface area (Å²) in [6.45, 7) is 8.07. The molecule has 1 aromatic heterocycles. The van der Waals surface area contributed by atoms with Crippen LogP contribution in [0, 0.1) is 0 Å². The summed E-state index contributed by atoms with van der Waals surface area (Å²) in [5.41, 5.74) is 0.830. The summed E-state index contributed by atoms with van der Waals surface area (Å²) in [5.74, 6) is 0.0995. The molecule has 1 aromatic rings. The van der Waals surface area contributed by atoms with E-state index in [1.54, 1.807) is 11.8 Å². The minimum atomic E-state index is 0.0995. The zero-order valence-electron chi connectivity index (χ0n) is 13.3. The van der Waals surface area contributed by atoms with Crippen LogP contribution in [0.1, 0.15) is 32.4 Å².